The number of aromatic hydroxyl groups is 1. The SMILES string of the molecule is CC(C)NC1Cc2ccc(O)cc2C1. The number of phenols is 1. The van der Waals surface area contributed by atoms with Gasteiger partial charge in [-0.05, 0) is 36.1 Å². The number of hydrogen-bond donors (Lipinski definition) is 2. The Kier molecular flexibility index (Phi) is 2.46. The molecule has 1 aliphatic rings. The minimum Gasteiger partial charge on any atom is -0.508 e. The molecule has 14 heavy (non-hydrogen) atoms. The van der Waals surface area contributed by atoms with Crippen molar-refractivity contribution in [1.82, 2.24) is 5.32 Å². The molecule has 0 fully saturated rings. The van der Waals surface area contributed by atoms with E-state index in [0.717, 1.165) is 12.8 Å². The number of nitrogens with one attached hydrogen (secondary N) is 1. The minimum atomic E-state index is 0.383. The number of benzene rings is 1. The van der Waals surface area contributed by atoms with E-state index in [-0.39, 0.29) is 0 Å². The normalized spacial score (nSPS) is 20.1. The van der Waals surface area contributed by atoms with E-state index < -0.39 is 0 Å². The van der Waals surface area contributed by atoms with Gasteiger partial charge in [-0.1, -0.05) is 19.9 Å². The average Bonchev–Trinajstić information content (AvgIpc) is 2.44. The molecule has 1 atom stereocenters. The Morgan fingerprint density at radius 1 is 1.29 bits per heavy atom. The summed E-state index contributed by atoms with van der Waals surface area (Å²) in [6.07, 6.45) is 2.13. The molecule has 1 aromatic carbocycles. The molecule has 0 aromatic heterocycles. The Bertz CT molecular complexity index is 333. The molecular weight excluding hydrogens is 174 g/mol. The predicted molar refractivity (Wildman–Crippen MR) is 57.6 cm³/mol. The van der Waals surface area contributed by atoms with E-state index in [1.165, 1.54) is 11.1 Å². The van der Waals surface area contributed by atoms with Gasteiger partial charge in [-0.3, -0.25) is 0 Å². The fourth-order valence-corrected chi connectivity index (χ4v) is 2.19. The fraction of sp³-hybridized carbons (Fsp3) is 0.500. The molecule has 2 N–H and O–H groups in total. The van der Waals surface area contributed by atoms with Gasteiger partial charge in [0.05, 0.1) is 0 Å². The third-order valence-electron chi connectivity index (χ3n) is 2.69. The van der Waals surface area contributed by atoms with Gasteiger partial charge >= 0.3 is 0 Å². The van der Waals surface area contributed by atoms with Crippen LogP contribution in [-0.2, 0) is 12.8 Å². The van der Waals surface area contributed by atoms with E-state index >= 15 is 0 Å². The maximum atomic E-state index is 9.34. The van der Waals surface area contributed by atoms with E-state index in [2.05, 4.69) is 19.2 Å². The third kappa shape index (κ3) is 1.90. The molecule has 2 heteroatoms. The van der Waals surface area contributed by atoms with Crippen LogP contribution >= 0.6 is 0 Å². The van der Waals surface area contributed by atoms with E-state index in [0.29, 0.717) is 17.8 Å². The van der Waals surface area contributed by atoms with Crippen LogP contribution in [0.3, 0.4) is 0 Å². The summed E-state index contributed by atoms with van der Waals surface area (Å²) >= 11 is 0. The van der Waals surface area contributed by atoms with Crippen LogP contribution in [0.25, 0.3) is 0 Å². The maximum Gasteiger partial charge on any atom is 0.115 e. The van der Waals surface area contributed by atoms with Gasteiger partial charge < -0.3 is 10.4 Å². The predicted octanol–water partition coefficient (Wildman–Crippen LogP) is 1.86. The Morgan fingerprint density at radius 2 is 2.00 bits per heavy atom. The van der Waals surface area contributed by atoms with Crippen LogP contribution in [0, 0.1) is 0 Å². The van der Waals surface area contributed by atoms with Crippen LogP contribution in [0.5, 0.6) is 5.75 Å². The zero-order valence-corrected chi connectivity index (χ0v) is 8.75. The van der Waals surface area contributed by atoms with E-state index in [1.54, 1.807) is 6.07 Å². The van der Waals surface area contributed by atoms with Crippen molar-refractivity contribution in [1.29, 1.82) is 0 Å². The van der Waals surface area contributed by atoms with Crippen molar-refractivity contribution < 1.29 is 5.11 Å². The van der Waals surface area contributed by atoms with Crippen LogP contribution < -0.4 is 5.32 Å². The molecule has 0 aliphatic heterocycles. The molecule has 76 valence electrons. The lowest BCUT2D eigenvalue weighted by Crippen LogP contribution is -2.35. The second kappa shape index (κ2) is 3.62. The Hall–Kier alpha value is -1.02. The van der Waals surface area contributed by atoms with Crippen LogP contribution in [0.4, 0.5) is 0 Å². The van der Waals surface area contributed by atoms with Crippen LogP contribution in [0.2, 0.25) is 0 Å². The van der Waals surface area contributed by atoms with Gasteiger partial charge in [0.25, 0.3) is 0 Å². The maximum absolute atomic E-state index is 9.34. The zero-order chi connectivity index (χ0) is 10.1. The first-order valence-corrected chi connectivity index (χ1v) is 5.22. The van der Waals surface area contributed by atoms with Crippen molar-refractivity contribution in [3.63, 3.8) is 0 Å². The Balaban J connectivity index is 2.10. The van der Waals surface area contributed by atoms with Gasteiger partial charge in [0.15, 0.2) is 0 Å². The van der Waals surface area contributed by atoms with Gasteiger partial charge in [-0.25, -0.2) is 0 Å². The quantitative estimate of drug-likeness (QED) is 0.747. The molecule has 1 aliphatic carbocycles. The average molecular weight is 191 g/mol. The van der Waals surface area contributed by atoms with Gasteiger partial charge in [0, 0.05) is 12.1 Å². The highest BCUT2D eigenvalue weighted by molar-refractivity contribution is 5.39. The molecule has 0 heterocycles. The molecule has 0 saturated carbocycles. The first-order valence-electron chi connectivity index (χ1n) is 5.22. The second-order valence-electron chi connectivity index (χ2n) is 4.38. The monoisotopic (exact) mass is 191 g/mol. The van der Waals surface area contributed by atoms with Crippen molar-refractivity contribution in [2.75, 3.05) is 0 Å². The van der Waals surface area contributed by atoms with Gasteiger partial charge in [0.1, 0.15) is 5.75 Å². The fourth-order valence-electron chi connectivity index (χ4n) is 2.19. The third-order valence-corrected chi connectivity index (χ3v) is 2.69. The van der Waals surface area contributed by atoms with Crippen molar-refractivity contribution in [2.45, 2.75) is 38.8 Å². The molecule has 0 radical (unpaired) electrons. The number of phenolic OH excluding ortho intramolecular Hbond substituents is 1. The summed E-state index contributed by atoms with van der Waals surface area (Å²) in [5.41, 5.74) is 2.67. The lowest BCUT2D eigenvalue weighted by atomic mass is 10.1. The molecule has 0 amide bonds. The van der Waals surface area contributed by atoms with Gasteiger partial charge in [0.2, 0.25) is 0 Å². The largest absolute Gasteiger partial charge is 0.508 e. The van der Waals surface area contributed by atoms with E-state index in [9.17, 15) is 5.11 Å². The summed E-state index contributed by atoms with van der Waals surface area (Å²) in [6.45, 7) is 4.33. The van der Waals surface area contributed by atoms with E-state index in [1.807, 2.05) is 12.1 Å². The topological polar surface area (TPSA) is 32.3 Å². The van der Waals surface area contributed by atoms with Crippen LogP contribution in [0.1, 0.15) is 25.0 Å². The summed E-state index contributed by atoms with van der Waals surface area (Å²) in [5.74, 6) is 0.383. The summed E-state index contributed by atoms with van der Waals surface area (Å²) in [7, 11) is 0. The highest BCUT2D eigenvalue weighted by Gasteiger charge is 2.21. The molecule has 0 spiro atoms. The van der Waals surface area contributed by atoms with E-state index in [4.69, 9.17) is 0 Å². The highest BCUT2D eigenvalue weighted by atomic mass is 16.3. The molecular formula is C12H17NO. The standard InChI is InChI=1S/C12H17NO/c1-8(2)13-11-5-9-3-4-12(14)7-10(9)6-11/h3-4,7-8,11,13-14H,5-6H2,1-2H3. The first kappa shape index (κ1) is 9.53. The summed E-state index contributed by atoms with van der Waals surface area (Å²) in [6, 6.07) is 6.77. The Labute approximate surface area is 85.0 Å². The molecule has 0 bridgehead atoms. The lowest BCUT2D eigenvalue weighted by Gasteiger charge is -2.14. The van der Waals surface area contributed by atoms with Gasteiger partial charge in [-0.15, -0.1) is 0 Å². The lowest BCUT2D eigenvalue weighted by molar-refractivity contribution is 0.472. The summed E-state index contributed by atoms with van der Waals surface area (Å²) in [4.78, 5) is 0. The minimum absolute atomic E-state index is 0.383. The van der Waals surface area contributed by atoms with Crippen molar-refractivity contribution in [3.05, 3.63) is 29.3 Å². The number of hydrogen-bond acceptors (Lipinski definition) is 2. The molecule has 2 rings (SSSR count). The van der Waals surface area contributed by atoms with Crippen LogP contribution in [-0.4, -0.2) is 17.2 Å². The molecule has 0 saturated heterocycles. The smallest absolute Gasteiger partial charge is 0.115 e. The molecule has 1 unspecified atom stereocenters. The second-order valence-corrected chi connectivity index (χ2v) is 4.38. The van der Waals surface area contributed by atoms with Crippen molar-refractivity contribution in [3.8, 4) is 5.75 Å². The Morgan fingerprint density at radius 3 is 2.71 bits per heavy atom. The first-order chi connectivity index (χ1) is 6.65. The molecule has 2 nitrogen and oxygen atoms in total. The molecule has 1 aromatic rings. The van der Waals surface area contributed by atoms with Crippen molar-refractivity contribution in [2.24, 2.45) is 0 Å². The van der Waals surface area contributed by atoms with Crippen LogP contribution in [0.15, 0.2) is 18.2 Å². The summed E-state index contributed by atoms with van der Waals surface area (Å²) in [5, 5.41) is 12.9. The number of rotatable bonds is 2. The van der Waals surface area contributed by atoms with Crippen molar-refractivity contribution >= 4 is 0 Å². The van der Waals surface area contributed by atoms with Gasteiger partial charge in [-0.2, -0.15) is 0 Å². The summed E-state index contributed by atoms with van der Waals surface area (Å²) < 4.78 is 0. The zero-order valence-electron chi connectivity index (χ0n) is 8.75. The number of fused-ring (bicyclic) bond motifs is 1. The highest BCUT2D eigenvalue weighted by Crippen LogP contribution is 2.25.